The molecule has 7 heteroatoms. The first-order chi connectivity index (χ1) is 13.8. The number of para-hydroxylation sites is 1. The second-order valence-corrected chi connectivity index (χ2v) is 9.84. The lowest BCUT2D eigenvalue weighted by molar-refractivity contribution is 0.0300. The highest BCUT2D eigenvalue weighted by molar-refractivity contribution is 7.90. The van der Waals surface area contributed by atoms with E-state index in [1.165, 1.54) is 12.1 Å². The maximum Gasteiger partial charge on any atom is 0.253 e. The van der Waals surface area contributed by atoms with Gasteiger partial charge in [-0.05, 0) is 43.2 Å². The highest BCUT2D eigenvalue weighted by Gasteiger charge is 2.42. The fourth-order valence-electron chi connectivity index (χ4n) is 4.14. The molecule has 1 atom stereocenters. The summed E-state index contributed by atoms with van der Waals surface area (Å²) in [6, 6.07) is 13.4. The number of hydrogen-bond acceptors (Lipinski definition) is 5. The summed E-state index contributed by atoms with van der Waals surface area (Å²) in [6.07, 6.45) is 3.41. The number of amides is 1. The predicted molar refractivity (Wildman–Crippen MR) is 108 cm³/mol. The summed E-state index contributed by atoms with van der Waals surface area (Å²) in [7, 11) is -3.38. The van der Waals surface area contributed by atoms with Gasteiger partial charge in [-0.15, -0.1) is 0 Å². The molecule has 2 heterocycles. The summed E-state index contributed by atoms with van der Waals surface area (Å²) < 4.78 is 29.9. The molecule has 4 rings (SSSR count). The predicted octanol–water partition coefficient (Wildman–Crippen LogP) is 3.12. The van der Waals surface area contributed by atoms with Crippen molar-refractivity contribution in [3.8, 4) is 5.75 Å². The Bertz CT molecular complexity index is 1080. The smallest absolute Gasteiger partial charge is 0.253 e. The number of rotatable bonds is 2. The molecule has 2 aliphatic rings. The number of sulfone groups is 1. The number of carbonyl (C=O) groups excluding carboxylic acids is 2. The van der Waals surface area contributed by atoms with Crippen LogP contribution in [0.5, 0.6) is 5.75 Å². The summed E-state index contributed by atoms with van der Waals surface area (Å²) in [4.78, 5) is 27.5. The number of hydrogen-bond donors (Lipinski definition) is 0. The van der Waals surface area contributed by atoms with E-state index in [-0.39, 0.29) is 16.6 Å². The summed E-state index contributed by atoms with van der Waals surface area (Å²) >= 11 is 0. The molecular weight excluding hydrogens is 390 g/mol. The Kier molecular flexibility index (Phi) is 4.94. The standard InChI is InChI=1S/C22H23NO5S/c1-29(26,27)17-7-4-6-16(14-17)21(25)23-12-5-10-22(11-13-23)15-19(24)18-8-2-3-9-20(18)28-22/h2-4,6-9,14H,5,10-13,15H2,1H3. The van der Waals surface area contributed by atoms with E-state index in [0.29, 0.717) is 55.6 Å². The first-order valence-electron chi connectivity index (χ1n) is 9.68. The van der Waals surface area contributed by atoms with Crippen LogP contribution in [0, 0.1) is 0 Å². The van der Waals surface area contributed by atoms with Crippen LogP contribution in [0.15, 0.2) is 53.4 Å². The molecule has 2 aromatic rings. The lowest BCUT2D eigenvalue weighted by Crippen LogP contribution is -2.43. The molecule has 1 amide bonds. The van der Waals surface area contributed by atoms with Crippen LogP contribution in [0.2, 0.25) is 0 Å². The van der Waals surface area contributed by atoms with Crippen molar-refractivity contribution in [3.63, 3.8) is 0 Å². The second-order valence-electron chi connectivity index (χ2n) is 7.83. The molecule has 2 aromatic carbocycles. The summed E-state index contributed by atoms with van der Waals surface area (Å²) in [5.41, 5.74) is 0.387. The Morgan fingerprint density at radius 3 is 2.66 bits per heavy atom. The van der Waals surface area contributed by atoms with Gasteiger partial charge < -0.3 is 9.64 Å². The average Bonchev–Trinajstić information content (AvgIpc) is 2.89. The molecule has 152 valence electrons. The molecule has 0 saturated carbocycles. The molecule has 1 saturated heterocycles. The Labute approximate surface area is 170 Å². The molecule has 0 aromatic heterocycles. The van der Waals surface area contributed by atoms with Crippen LogP contribution in [0.3, 0.4) is 0 Å². The number of likely N-dealkylation sites (tertiary alicyclic amines) is 1. The van der Waals surface area contributed by atoms with Crippen molar-refractivity contribution in [2.45, 2.75) is 36.2 Å². The quantitative estimate of drug-likeness (QED) is 0.756. The molecule has 0 bridgehead atoms. The highest BCUT2D eigenvalue weighted by atomic mass is 32.2. The van der Waals surface area contributed by atoms with Crippen molar-refractivity contribution >= 4 is 21.5 Å². The van der Waals surface area contributed by atoms with Crippen molar-refractivity contribution in [2.75, 3.05) is 19.3 Å². The number of benzene rings is 2. The van der Waals surface area contributed by atoms with Crippen LogP contribution >= 0.6 is 0 Å². The largest absolute Gasteiger partial charge is 0.486 e. The average molecular weight is 413 g/mol. The molecule has 6 nitrogen and oxygen atoms in total. The SMILES string of the molecule is CS(=O)(=O)c1cccc(C(=O)N2CCCC3(CC2)CC(=O)c2ccccc2O3)c1. The fourth-order valence-corrected chi connectivity index (χ4v) is 4.80. The normalized spacial score (nSPS) is 22.0. The molecule has 2 aliphatic heterocycles. The van der Waals surface area contributed by atoms with Gasteiger partial charge in [0, 0.05) is 31.3 Å². The number of Topliss-reactive ketones (excluding diaryl/α,β-unsaturated/α-hetero) is 1. The van der Waals surface area contributed by atoms with Crippen molar-refractivity contribution in [1.29, 1.82) is 0 Å². The van der Waals surface area contributed by atoms with Gasteiger partial charge in [0.25, 0.3) is 5.91 Å². The molecule has 1 unspecified atom stereocenters. The first-order valence-corrected chi connectivity index (χ1v) is 11.6. The van der Waals surface area contributed by atoms with Gasteiger partial charge in [-0.25, -0.2) is 8.42 Å². The van der Waals surface area contributed by atoms with Crippen LogP contribution in [0.4, 0.5) is 0 Å². The van der Waals surface area contributed by atoms with Gasteiger partial charge in [0.05, 0.1) is 16.9 Å². The van der Waals surface area contributed by atoms with E-state index in [1.807, 2.05) is 18.2 Å². The molecule has 29 heavy (non-hydrogen) atoms. The maximum absolute atomic E-state index is 13.0. The summed E-state index contributed by atoms with van der Waals surface area (Å²) in [5, 5.41) is 0. The molecule has 0 aliphatic carbocycles. The number of ketones is 1. The highest BCUT2D eigenvalue weighted by Crippen LogP contribution is 2.39. The molecule has 1 spiro atoms. The van der Waals surface area contributed by atoms with Crippen molar-refractivity contribution in [3.05, 3.63) is 59.7 Å². The minimum Gasteiger partial charge on any atom is -0.486 e. The Balaban J connectivity index is 1.53. The van der Waals surface area contributed by atoms with E-state index in [9.17, 15) is 18.0 Å². The van der Waals surface area contributed by atoms with Crippen LogP contribution in [-0.4, -0.2) is 50.0 Å². The van der Waals surface area contributed by atoms with Gasteiger partial charge in [0.15, 0.2) is 15.6 Å². The van der Waals surface area contributed by atoms with Crippen LogP contribution in [0.25, 0.3) is 0 Å². The zero-order valence-corrected chi connectivity index (χ0v) is 17.1. The van der Waals surface area contributed by atoms with Crippen molar-refractivity contribution in [2.24, 2.45) is 0 Å². The van der Waals surface area contributed by atoms with Gasteiger partial charge >= 0.3 is 0 Å². The van der Waals surface area contributed by atoms with Gasteiger partial charge in [-0.3, -0.25) is 9.59 Å². The molecule has 0 N–H and O–H groups in total. The van der Waals surface area contributed by atoms with E-state index < -0.39 is 15.4 Å². The third-order valence-corrected chi connectivity index (χ3v) is 6.80. The van der Waals surface area contributed by atoms with Crippen LogP contribution < -0.4 is 4.74 Å². The lowest BCUT2D eigenvalue weighted by Gasteiger charge is -2.37. The zero-order chi connectivity index (χ0) is 20.6. The van der Waals surface area contributed by atoms with E-state index in [0.717, 1.165) is 6.26 Å². The first kappa shape index (κ1) is 19.6. The van der Waals surface area contributed by atoms with Crippen molar-refractivity contribution in [1.82, 2.24) is 4.90 Å². The minimum atomic E-state index is -3.38. The van der Waals surface area contributed by atoms with E-state index in [4.69, 9.17) is 4.74 Å². The van der Waals surface area contributed by atoms with E-state index >= 15 is 0 Å². The summed E-state index contributed by atoms with van der Waals surface area (Å²) in [6.45, 7) is 1.00. The Hall–Kier alpha value is -2.67. The molecular formula is C22H23NO5S. The second kappa shape index (κ2) is 7.30. The van der Waals surface area contributed by atoms with Gasteiger partial charge in [0.2, 0.25) is 0 Å². The van der Waals surface area contributed by atoms with Crippen LogP contribution in [0.1, 0.15) is 46.4 Å². The molecule has 0 radical (unpaired) electrons. The Morgan fingerprint density at radius 2 is 1.86 bits per heavy atom. The lowest BCUT2D eigenvalue weighted by atomic mass is 9.84. The number of fused-ring (bicyclic) bond motifs is 1. The van der Waals surface area contributed by atoms with E-state index in [1.54, 1.807) is 23.1 Å². The van der Waals surface area contributed by atoms with Gasteiger partial charge in [-0.1, -0.05) is 18.2 Å². The fraction of sp³-hybridized carbons (Fsp3) is 0.364. The maximum atomic E-state index is 13.0. The molecule has 1 fully saturated rings. The minimum absolute atomic E-state index is 0.0764. The van der Waals surface area contributed by atoms with Gasteiger partial charge in [0.1, 0.15) is 11.4 Å². The monoisotopic (exact) mass is 413 g/mol. The van der Waals surface area contributed by atoms with Gasteiger partial charge in [-0.2, -0.15) is 0 Å². The van der Waals surface area contributed by atoms with Crippen LogP contribution in [-0.2, 0) is 9.84 Å². The number of carbonyl (C=O) groups is 2. The third-order valence-electron chi connectivity index (χ3n) is 5.69. The topological polar surface area (TPSA) is 80.8 Å². The van der Waals surface area contributed by atoms with E-state index in [2.05, 4.69) is 0 Å². The number of ether oxygens (including phenoxy) is 1. The Morgan fingerprint density at radius 1 is 1.07 bits per heavy atom. The zero-order valence-electron chi connectivity index (χ0n) is 16.3. The third kappa shape index (κ3) is 3.92. The number of nitrogens with zero attached hydrogens (tertiary/aromatic N) is 1. The summed E-state index contributed by atoms with van der Waals surface area (Å²) in [5.74, 6) is 0.493. The van der Waals surface area contributed by atoms with Crippen molar-refractivity contribution < 1.29 is 22.7 Å².